The first-order chi connectivity index (χ1) is 8.90. The molecule has 0 saturated carbocycles. The van der Waals surface area contributed by atoms with Gasteiger partial charge in [-0.3, -0.25) is 0 Å². The van der Waals surface area contributed by atoms with E-state index >= 15 is 0 Å². The van der Waals surface area contributed by atoms with Crippen LogP contribution in [0.1, 0.15) is 6.42 Å². The molecule has 0 amide bonds. The minimum absolute atomic E-state index is 0.0138. The van der Waals surface area contributed by atoms with Gasteiger partial charge >= 0.3 is 0 Å². The summed E-state index contributed by atoms with van der Waals surface area (Å²) in [6.07, 6.45) is 0.717. The van der Waals surface area contributed by atoms with Crippen molar-refractivity contribution < 1.29 is 21.9 Å². The molecule has 2 rings (SSSR count). The molecule has 19 heavy (non-hydrogen) atoms. The van der Waals surface area contributed by atoms with Crippen LogP contribution in [0.4, 0.5) is 8.78 Å². The Morgan fingerprint density at radius 1 is 1.37 bits per heavy atom. The lowest BCUT2D eigenvalue weighted by Crippen LogP contribution is -2.37. The number of benzene rings is 1. The number of nitrogens with two attached hydrogens (primary N) is 1. The van der Waals surface area contributed by atoms with Crippen LogP contribution in [0, 0.1) is 17.6 Å². The SMILES string of the molecule is NC(CS(=O)(=O)c1ccc(F)c(F)c1)C1CCOC1. The lowest BCUT2D eigenvalue weighted by atomic mass is 10.0. The molecular formula is C12H15F2NO3S. The summed E-state index contributed by atoms with van der Waals surface area (Å²) in [5.41, 5.74) is 5.84. The highest BCUT2D eigenvalue weighted by atomic mass is 32.2. The highest BCUT2D eigenvalue weighted by Crippen LogP contribution is 2.20. The molecule has 1 aliphatic rings. The van der Waals surface area contributed by atoms with Crippen molar-refractivity contribution in [3.8, 4) is 0 Å². The average molecular weight is 291 g/mol. The third kappa shape index (κ3) is 3.29. The molecule has 0 aromatic heterocycles. The van der Waals surface area contributed by atoms with E-state index in [-0.39, 0.29) is 16.6 Å². The van der Waals surface area contributed by atoms with E-state index in [0.29, 0.717) is 25.7 Å². The van der Waals surface area contributed by atoms with E-state index in [0.717, 1.165) is 12.1 Å². The van der Waals surface area contributed by atoms with Crippen molar-refractivity contribution in [3.05, 3.63) is 29.8 Å². The van der Waals surface area contributed by atoms with Crippen molar-refractivity contribution in [3.63, 3.8) is 0 Å². The maximum Gasteiger partial charge on any atom is 0.180 e. The molecule has 1 aromatic carbocycles. The van der Waals surface area contributed by atoms with Gasteiger partial charge in [0.25, 0.3) is 0 Å². The van der Waals surface area contributed by atoms with E-state index in [9.17, 15) is 17.2 Å². The second-order valence-corrected chi connectivity index (χ2v) is 6.68. The zero-order valence-electron chi connectivity index (χ0n) is 10.2. The topological polar surface area (TPSA) is 69.4 Å². The highest BCUT2D eigenvalue weighted by Gasteiger charge is 2.28. The van der Waals surface area contributed by atoms with Gasteiger partial charge in [-0.15, -0.1) is 0 Å². The number of ether oxygens (including phenoxy) is 1. The van der Waals surface area contributed by atoms with Gasteiger partial charge in [-0.05, 0) is 24.6 Å². The van der Waals surface area contributed by atoms with Crippen LogP contribution in [0.25, 0.3) is 0 Å². The maximum absolute atomic E-state index is 13.1. The Morgan fingerprint density at radius 2 is 2.11 bits per heavy atom. The molecule has 7 heteroatoms. The quantitative estimate of drug-likeness (QED) is 0.844. The zero-order valence-corrected chi connectivity index (χ0v) is 11.0. The Hall–Kier alpha value is -1.05. The van der Waals surface area contributed by atoms with Gasteiger partial charge in [-0.25, -0.2) is 17.2 Å². The second-order valence-electron chi connectivity index (χ2n) is 4.64. The molecule has 2 atom stereocenters. The largest absolute Gasteiger partial charge is 0.381 e. The summed E-state index contributed by atoms with van der Waals surface area (Å²) < 4.78 is 55.1. The Kier molecular flexibility index (Phi) is 4.17. The van der Waals surface area contributed by atoms with Crippen LogP contribution in [0.5, 0.6) is 0 Å². The van der Waals surface area contributed by atoms with Crippen LogP contribution in [-0.4, -0.2) is 33.4 Å². The zero-order chi connectivity index (χ0) is 14.0. The fourth-order valence-electron chi connectivity index (χ4n) is 2.05. The van der Waals surface area contributed by atoms with Crippen molar-refractivity contribution >= 4 is 9.84 Å². The van der Waals surface area contributed by atoms with E-state index < -0.39 is 27.5 Å². The van der Waals surface area contributed by atoms with Crippen LogP contribution in [0.15, 0.2) is 23.1 Å². The maximum atomic E-state index is 13.1. The fraction of sp³-hybridized carbons (Fsp3) is 0.500. The molecular weight excluding hydrogens is 276 g/mol. The monoisotopic (exact) mass is 291 g/mol. The van der Waals surface area contributed by atoms with Gasteiger partial charge in [0, 0.05) is 18.6 Å². The summed E-state index contributed by atoms with van der Waals surface area (Å²) in [5, 5.41) is 0. The third-order valence-corrected chi connectivity index (χ3v) is 5.03. The summed E-state index contributed by atoms with van der Waals surface area (Å²) in [6.45, 7) is 1.01. The van der Waals surface area contributed by atoms with Crippen molar-refractivity contribution in [2.45, 2.75) is 17.4 Å². The molecule has 1 heterocycles. The molecule has 106 valence electrons. The smallest absolute Gasteiger partial charge is 0.180 e. The van der Waals surface area contributed by atoms with Crippen LogP contribution in [0.2, 0.25) is 0 Å². The molecule has 4 nitrogen and oxygen atoms in total. The number of sulfone groups is 1. The normalized spacial score (nSPS) is 21.5. The molecule has 1 saturated heterocycles. The summed E-state index contributed by atoms with van der Waals surface area (Å²) in [6, 6.07) is 1.96. The molecule has 0 radical (unpaired) electrons. The standard InChI is InChI=1S/C12H15F2NO3S/c13-10-2-1-9(5-11(10)14)19(16,17)7-12(15)8-3-4-18-6-8/h1-2,5,8,12H,3-4,6-7,15H2. The summed E-state index contributed by atoms with van der Waals surface area (Å²) in [7, 11) is -3.72. The molecule has 2 unspecified atom stereocenters. The first-order valence-corrected chi connectivity index (χ1v) is 7.56. The number of halogens is 2. The van der Waals surface area contributed by atoms with Crippen LogP contribution in [0.3, 0.4) is 0 Å². The minimum atomic E-state index is -3.72. The molecule has 1 aromatic rings. The first kappa shape index (κ1) is 14.4. The Labute approximate surface area is 110 Å². The molecule has 1 aliphatic heterocycles. The predicted octanol–water partition coefficient (Wildman–Crippen LogP) is 1.10. The minimum Gasteiger partial charge on any atom is -0.381 e. The lowest BCUT2D eigenvalue weighted by Gasteiger charge is -2.17. The van der Waals surface area contributed by atoms with Crippen LogP contribution in [-0.2, 0) is 14.6 Å². The van der Waals surface area contributed by atoms with Gasteiger partial charge in [0.2, 0.25) is 0 Å². The molecule has 0 bridgehead atoms. The summed E-state index contributed by atoms with van der Waals surface area (Å²) in [4.78, 5) is -0.249. The van der Waals surface area contributed by atoms with E-state index in [2.05, 4.69) is 0 Å². The lowest BCUT2D eigenvalue weighted by molar-refractivity contribution is 0.182. The Morgan fingerprint density at radius 3 is 2.68 bits per heavy atom. The Bertz CT molecular complexity index is 556. The van der Waals surface area contributed by atoms with Crippen molar-refractivity contribution in [1.82, 2.24) is 0 Å². The van der Waals surface area contributed by atoms with E-state index in [1.54, 1.807) is 0 Å². The van der Waals surface area contributed by atoms with E-state index in [1.165, 1.54) is 0 Å². The molecule has 0 spiro atoms. The number of rotatable bonds is 4. The van der Waals surface area contributed by atoms with Gasteiger partial charge in [0.05, 0.1) is 17.3 Å². The number of hydrogen-bond acceptors (Lipinski definition) is 4. The van der Waals surface area contributed by atoms with E-state index in [1.807, 2.05) is 0 Å². The third-order valence-electron chi connectivity index (χ3n) is 3.23. The summed E-state index contributed by atoms with van der Waals surface area (Å²) in [5.74, 6) is -2.57. The molecule has 2 N–H and O–H groups in total. The highest BCUT2D eigenvalue weighted by molar-refractivity contribution is 7.91. The van der Waals surface area contributed by atoms with Gasteiger partial charge in [0.15, 0.2) is 21.5 Å². The van der Waals surface area contributed by atoms with Gasteiger partial charge in [-0.2, -0.15) is 0 Å². The summed E-state index contributed by atoms with van der Waals surface area (Å²) >= 11 is 0. The molecule has 0 aliphatic carbocycles. The van der Waals surface area contributed by atoms with Gasteiger partial charge in [-0.1, -0.05) is 0 Å². The van der Waals surface area contributed by atoms with Crippen molar-refractivity contribution in [1.29, 1.82) is 0 Å². The van der Waals surface area contributed by atoms with Gasteiger partial charge < -0.3 is 10.5 Å². The van der Waals surface area contributed by atoms with Crippen molar-refractivity contribution in [2.24, 2.45) is 11.7 Å². The van der Waals surface area contributed by atoms with E-state index in [4.69, 9.17) is 10.5 Å². The predicted molar refractivity (Wildman–Crippen MR) is 65.3 cm³/mol. The average Bonchev–Trinajstić information content (AvgIpc) is 2.85. The fourth-order valence-corrected chi connectivity index (χ4v) is 3.58. The van der Waals surface area contributed by atoms with Crippen molar-refractivity contribution in [2.75, 3.05) is 19.0 Å². The first-order valence-electron chi connectivity index (χ1n) is 5.91. The number of hydrogen-bond donors (Lipinski definition) is 1. The van der Waals surface area contributed by atoms with Gasteiger partial charge in [0.1, 0.15) is 0 Å². The molecule has 1 fully saturated rings. The second kappa shape index (κ2) is 5.52. The van der Waals surface area contributed by atoms with Crippen LogP contribution >= 0.6 is 0 Å². The Balaban J connectivity index is 2.15. The van der Waals surface area contributed by atoms with Crippen LogP contribution < -0.4 is 5.73 Å².